The fourth-order valence-corrected chi connectivity index (χ4v) is 3.73. The van der Waals surface area contributed by atoms with E-state index in [9.17, 15) is 118 Å². The number of benzene rings is 1. The Bertz CT molecular complexity index is 1410. The van der Waals surface area contributed by atoms with Gasteiger partial charge in [-0.05, 0) is 12.1 Å². The summed E-state index contributed by atoms with van der Waals surface area (Å²) in [5.41, 5.74) is 0. The van der Waals surface area contributed by atoms with E-state index in [0.717, 1.165) is 6.07 Å². The number of hydrogen-bond donors (Lipinski definition) is 0. The van der Waals surface area contributed by atoms with Gasteiger partial charge in [0.25, 0.3) is 0 Å². The molecule has 0 amide bonds. The molecule has 1 rings (SSSR count). The van der Waals surface area contributed by atoms with E-state index in [4.69, 9.17) is 0 Å². The molecule has 0 saturated carbocycles. The van der Waals surface area contributed by atoms with Gasteiger partial charge in [-0.15, -0.1) is 0 Å². The second kappa shape index (κ2) is 12.3. The number of alkyl halides is 25. The normalized spacial score (nSPS) is 16.1. The van der Waals surface area contributed by atoms with Crippen LogP contribution in [0.5, 0.6) is 0 Å². The van der Waals surface area contributed by atoms with Crippen molar-refractivity contribution in [3.63, 3.8) is 0 Å². The van der Waals surface area contributed by atoms with Gasteiger partial charge in [0.2, 0.25) is 0 Å². The molecule has 0 atom stereocenters. The van der Waals surface area contributed by atoms with Crippen LogP contribution in [-0.2, 0) is 14.3 Å². The summed E-state index contributed by atoms with van der Waals surface area (Å²) in [6.07, 6.45) is -16.1. The van der Waals surface area contributed by atoms with Crippen molar-refractivity contribution in [1.29, 1.82) is 0 Å². The van der Waals surface area contributed by atoms with Gasteiger partial charge < -0.3 is 1.43 Å². The molecule has 0 unspecified atom stereocenters. The van der Waals surface area contributed by atoms with E-state index in [1.165, 1.54) is 0 Å². The first kappa shape index (κ1) is 46.4. The van der Waals surface area contributed by atoms with Crippen molar-refractivity contribution in [3.05, 3.63) is 30.3 Å². The van der Waals surface area contributed by atoms with Crippen LogP contribution in [0.25, 0.3) is 0 Å². The zero-order valence-electron chi connectivity index (χ0n) is 22.5. The van der Waals surface area contributed by atoms with Crippen LogP contribution in [0.1, 0.15) is 1.43 Å². The molecule has 0 aromatic heterocycles. The summed E-state index contributed by atoms with van der Waals surface area (Å²) in [5.74, 6) is -93.5. The Morgan fingerprint density at radius 2 is 0.625 bits per heavy atom. The molecule has 0 N–H and O–H groups in total. The van der Waals surface area contributed by atoms with Crippen molar-refractivity contribution in [2.24, 2.45) is 0 Å². The maximum atomic E-state index is 13.9. The van der Waals surface area contributed by atoms with Crippen LogP contribution in [0.4, 0.5) is 110 Å². The topological polar surface area (TPSA) is 43.4 Å². The smallest absolute Gasteiger partial charge is 1.00 e. The van der Waals surface area contributed by atoms with E-state index < -0.39 is 86.5 Å². The van der Waals surface area contributed by atoms with Crippen molar-refractivity contribution < 1.29 is 153 Å². The summed E-state index contributed by atoms with van der Waals surface area (Å²) >= 11 is 0. The second-order valence-corrected chi connectivity index (χ2v) is 10.2. The Morgan fingerprint density at radius 3 is 0.875 bits per heavy atom. The van der Waals surface area contributed by atoms with E-state index in [2.05, 4.69) is 4.18 Å². The zero-order chi connectivity index (χ0) is 38.3. The van der Waals surface area contributed by atoms with Gasteiger partial charge >= 0.3 is 111 Å². The van der Waals surface area contributed by atoms with Crippen LogP contribution in [-0.4, -0.2) is 79.9 Å². The minimum atomic E-state index is -9.73. The third kappa shape index (κ3) is 6.06. The molecule has 0 aliphatic carbocycles. The van der Waals surface area contributed by atoms with Gasteiger partial charge in [-0.25, -0.2) is 0 Å². The van der Waals surface area contributed by atoms with Crippen LogP contribution < -0.4 is 29.6 Å². The van der Waals surface area contributed by atoms with Crippen LogP contribution in [0.15, 0.2) is 35.2 Å². The summed E-state index contributed by atoms with van der Waals surface area (Å²) in [6.45, 7) is 0. The SMILES string of the molecule is O=S(=O)(OC(F)(F)C(F)(F)C(F)(F)C(F)(F)C(F)(F)C(F)(F)C(F)(F)C(F)(F)C(F)(F)C(F)(F)C(F)(F)C(F)(F)F)c1ccccc1.[H-].[Na+]. The summed E-state index contributed by atoms with van der Waals surface area (Å²) < 4.78 is 361. The predicted octanol–water partition coefficient (Wildman–Crippen LogP) is 6.02. The molecule has 0 fully saturated rings. The summed E-state index contributed by atoms with van der Waals surface area (Å²) in [6, 6.07) is 2.06. The molecule has 0 saturated heterocycles. The Kier molecular flexibility index (Phi) is 11.8. The van der Waals surface area contributed by atoms with Gasteiger partial charge in [0, 0.05) is 0 Å². The second-order valence-electron chi connectivity index (χ2n) is 8.61. The predicted molar refractivity (Wildman–Crippen MR) is 96.3 cm³/mol. The molecule has 0 radical (unpaired) electrons. The molecule has 48 heavy (non-hydrogen) atoms. The van der Waals surface area contributed by atoms with Crippen LogP contribution >= 0.6 is 0 Å². The molecule has 0 aliphatic rings. The molecule has 0 bridgehead atoms. The maximum Gasteiger partial charge on any atom is 1.00 e. The molecule has 1 aromatic carbocycles. The summed E-state index contributed by atoms with van der Waals surface area (Å²) in [4.78, 5) is -1.77. The van der Waals surface area contributed by atoms with Crippen LogP contribution in [0.3, 0.4) is 0 Å². The molecule has 0 aliphatic heterocycles. The first-order chi connectivity index (χ1) is 20.1. The van der Waals surface area contributed by atoms with E-state index in [-0.39, 0.29) is 43.1 Å². The standard InChI is InChI=1S/C18H5F25O3S.Na.H/c19-7(20,9(23,24)11(27,28)13(31,32)15(35,36)17(39,40)41)8(21,22)10(25,26)12(29,30)14(33,34)16(37,38)18(42,43)46-47(44,45)6-4-2-1-3-5-6;;/h1-5H;;/q;+1;-1. The maximum absolute atomic E-state index is 13.9. The summed E-state index contributed by atoms with van der Waals surface area (Å²) in [7, 11) is -6.63. The van der Waals surface area contributed by atoms with Gasteiger partial charge in [-0.2, -0.15) is 122 Å². The van der Waals surface area contributed by atoms with Gasteiger partial charge in [0.15, 0.2) is 0 Å². The third-order valence-corrected chi connectivity index (χ3v) is 6.80. The first-order valence-electron chi connectivity index (χ1n) is 10.3. The molecule has 0 spiro atoms. The van der Waals surface area contributed by atoms with Crippen molar-refractivity contribution in [2.45, 2.75) is 76.4 Å². The van der Waals surface area contributed by atoms with E-state index in [0.29, 0.717) is 12.1 Å². The Morgan fingerprint density at radius 1 is 0.396 bits per heavy atom. The average molecular weight is 800 g/mol. The minimum Gasteiger partial charge on any atom is -1.00 e. The fraction of sp³-hybridized carbons (Fsp3) is 0.667. The first-order valence-corrected chi connectivity index (χ1v) is 11.7. The molecule has 30 heteroatoms. The molecule has 1 aromatic rings. The van der Waals surface area contributed by atoms with Gasteiger partial charge in [0.05, 0.1) is 4.90 Å². The average Bonchev–Trinajstić information content (AvgIpc) is 2.86. The Labute approximate surface area is 270 Å². The minimum absolute atomic E-state index is 0. The molecule has 278 valence electrons. The number of rotatable bonds is 13. The zero-order valence-corrected chi connectivity index (χ0v) is 24.3. The fourth-order valence-electron chi connectivity index (χ4n) is 2.76. The van der Waals surface area contributed by atoms with Gasteiger partial charge in [-0.3, -0.25) is 0 Å². The number of halogens is 25. The largest absolute Gasteiger partial charge is 1.00 e. The summed E-state index contributed by atoms with van der Waals surface area (Å²) in [5, 5.41) is 0. The van der Waals surface area contributed by atoms with Gasteiger partial charge in [-0.1, -0.05) is 18.2 Å². The van der Waals surface area contributed by atoms with Crippen molar-refractivity contribution in [3.8, 4) is 0 Å². The van der Waals surface area contributed by atoms with Crippen LogP contribution in [0, 0.1) is 0 Å². The van der Waals surface area contributed by atoms with Gasteiger partial charge in [0.1, 0.15) is 0 Å². The molecule has 3 nitrogen and oxygen atoms in total. The van der Waals surface area contributed by atoms with Crippen molar-refractivity contribution >= 4 is 10.1 Å². The Hall–Kier alpha value is -1.62. The monoisotopic (exact) mass is 800 g/mol. The van der Waals surface area contributed by atoms with E-state index >= 15 is 0 Å². The van der Waals surface area contributed by atoms with Crippen molar-refractivity contribution in [1.82, 2.24) is 0 Å². The van der Waals surface area contributed by atoms with Crippen molar-refractivity contribution in [2.75, 3.05) is 0 Å². The third-order valence-electron chi connectivity index (χ3n) is 5.52. The molecule has 0 heterocycles. The quantitative estimate of drug-likeness (QED) is 0.140. The molecular formula is C18H6F25NaO3S. The van der Waals surface area contributed by atoms with E-state index in [1.807, 2.05) is 0 Å². The number of hydrogen-bond acceptors (Lipinski definition) is 3. The van der Waals surface area contributed by atoms with E-state index in [1.54, 1.807) is 0 Å². The Balaban J connectivity index is 0. The molecular weight excluding hydrogens is 794 g/mol. The van der Waals surface area contributed by atoms with Crippen LogP contribution in [0.2, 0.25) is 0 Å².